The number of hydrogen-bond donors (Lipinski definition) is 2. The summed E-state index contributed by atoms with van der Waals surface area (Å²) in [4.78, 5) is 33.2. The SMILES string of the molecule is CN1c2nc(NCc3ccc(Oc4ccc(C(F)(F)F)nc4)nc3)nc3c2N(CCC3)C(=O)[C@]1(C)CO. The highest BCUT2D eigenvalue weighted by molar-refractivity contribution is 6.08. The van der Waals surface area contributed by atoms with Crippen molar-refractivity contribution in [3.8, 4) is 11.6 Å². The van der Waals surface area contributed by atoms with Crippen molar-refractivity contribution >= 4 is 23.4 Å². The minimum absolute atomic E-state index is 0.134. The Hall–Kier alpha value is -4.00. The molecule has 10 nitrogen and oxygen atoms in total. The van der Waals surface area contributed by atoms with Gasteiger partial charge in [0.25, 0.3) is 5.91 Å². The molecule has 2 N–H and O–H groups in total. The molecule has 3 aromatic rings. The number of anilines is 3. The van der Waals surface area contributed by atoms with Crippen LogP contribution in [0.25, 0.3) is 0 Å². The zero-order valence-electron chi connectivity index (χ0n) is 20.1. The first kappa shape index (κ1) is 24.7. The number of nitrogens with one attached hydrogen (secondary N) is 1. The van der Waals surface area contributed by atoms with Crippen LogP contribution in [0.1, 0.15) is 30.3 Å². The van der Waals surface area contributed by atoms with Crippen LogP contribution >= 0.6 is 0 Å². The highest BCUT2D eigenvalue weighted by Gasteiger charge is 2.48. The maximum Gasteiger partial charge on any atom is 0.433 e. The molecule has 0 saturated carbocycles. The van der Waals surface area contributed by atoms with E-state index in [0.717, 1.165) is 29.9 Å². The van der Waals surface area contributed by atoms with Crippen molar-refractivity contribution in [1.82, 2.24) is 19.9 Å². The molecule has 0 spiro atoms. The molecule has 0 aromatic carbocycles. The molecule has 0 saturated heterocycles. The Bertz CT molecular complexity index is 1320. The van der Waals surface area contributed by atoms with E-state index in [-0.39, 0.29) is 24.1 Å². The summed E-state index contributed by atoms with van der Waals surface area (Å²) in [6.07, 6.45) is -0.486. The summed E-state index contributed by atoms with van der Waals surface area (Å²) in [6, 6.07) is 5.37. The third kappa shape index (κ3) is 4.50. The van der Waals surface area contributed by atoms with E-state index in [9.17, 15) is 23.1 Å². The van der Waals surface area contributed by atoms with Gasteiger partial charge < -0.3 is 25.0 Å². The van der Waals surface area contributed by atoms with Gasteiger partial charge in [0.2, 0.25) is 11.8 Å². The number of aryl methyl sites for hydroxylation is 1. The van der Waals surface area contributed by atoms with Crippen LogP contribution in [-0.4, -0.2) is 56.7 Å². The molecular weight excluding hydrogens is 491 g/mol. The van der Waals surface area contributed by atoms with E-state index in [1.54, 1.807) is 42.1 Å². The summed E-state index contributed by atoms with van der Waals surface area (Å²) >= 11 is 0. The van der Waals surface area contributed by atoms with Gasteiger partial charge in [-0.2, -0.15) is 18.2 Å². The molecule has 37 heavy (non-hydrogen) atoms. The quantitative estimate of drug-likeness (QED) is 0.511. The van der Waals surface area contributed by atoms with Crippen LogP contribution in [0.3, 0.4) is 0 Å². The number of aliphatic hydroxyl groups excluding tert-OH is 1. The molecule has 0 bridgehead atoms. The molecule has 0 unspecified atom stereocenters. The highest BCUT2D eigenvalue weighted by atomic mass is 19.4. The summed E-state index contributed by atoms with van der Waals surface area (Å²) in [7, 11) is 1.74. The highest BCUT2D eigenvalue weighted by Crippen LogP contribution is 2.43. The van der Waals surface area contributed by atoms with E-state index in [1.165, 1.54) is 6.07 Å². The number of amides is 1. The lowest BCUT2D eigenvalue weighted by atomic mass is 9.93. The lowest BCUT2D eigenvalue weighted by Crippen LogP contribution is -2.64. The first-order valence-corrected chi connectivity index (χ1v) is 11.6. The third-order valence-electron chi connectivity index (χ3n) is 6.57. The van der Waals surface area contributed by atoms with Crippen LogP contribution < -0.4 is 19.9 Å². The van der Waals surface area contributed by atoms with Crippen molar-refractivity contribution in [3.05, 3.63) is 53.6 Å². The number of hydrogen-bond acceptors (Lipinski definition) is 9. The van der Waals surface area contributed by atoms with Crippen LogP contribution in [0, 0.1) is 0 Å². The number of carbonyl (C=O) groups is 1. The number of nitrogens with zero attached hydrogens (tertiary/aromatic N) is 6. The van der Waals surface area contributed by atoms with Gasteiger partial charge in [-0.3, -0.25) is 4.79 Å². The Labute approximate surface area is 210 Å². The second-order valence-electron chi connectivity index (χ2n) is 9.05. The number of carbonyl (C=O) groups excluding carboxylic acids is 1. The minimum Gasteiger partial charge on any atom is -0.437 e. The lowest BCUT2D eigenvalue weighted by molar-refractivity contribution is -0.141. The van der Waals surface area contributed by atoms with Crippen molar-refractivity contribution in [2.75, 3.05) is 35.3 Å². The average molecular weight is 515 g/mol. The molecule has 13 heteroatoms. The van der Waals surface area contributed by atoms with E-state index in [4.69, 9.17) is 4.74 Å². The van der Waals surface area contributed by atoms with Crippen LogP contribution in [0.4, 0.5) is 30.6 Å². The van der Waals surface area contributed by atoms with Crippen LogP contribution in [0.5, 0.6) is 11.6 Å². The molecule has 5 heterocycles. The second kappa shape index (κ2) is 9.14. The normalized spacial score (nSPS) is 19.0. The smallest absolute Gasteiger partial charge is 0.433 e. The molecule has 194 valence electrons. The first-order chi connectivity index (χ1) is 17.6. The molecule has 1 atom stereocenters. The topological polar surface area (TPSA) is 117 Å². The van der Waals surface area contributed by atoms with Gasteiger partial charge in [0.15, 0.2) is 5.82 Å². The summed E-state index contributed by atoms with van der Waals surface area (Å²) in [6.45, 7) is 2.25. The number of aliphatic hydroxyl groups is 1. The predicted octanol–water partition coefficient (Wildman–Crippen LogP) is 3.17. The molecular formula is C24H24F3N7O3. The van der Waals surface area contributed by atoms with Crippen molar-refractivity contribution in [1.29, 1.82) is 0 Å². The minimum atomic E-state index is -4.52. The molecule has 2 aliphatic rings. The number of rotatable bonds is 6. The monoisotopic (exact) mass is 515 g/mol. The zero-order valence-corrected chi connectivity index (χ0v) is 20.1. The van der Waals surface area contributed by atoms with Gasteiger partial charge in [0.05, 0.1) is 18.5 Å². The number of halogens is 3. The van der Waals surface area contributed by atoms with Crippen LogP contribution in [0.2, 0.25) is 0 Å². The Morgan fingerprint density at radius 1 is 1.16 bits per heavy atom. The third-order valence-corrected chi connectivity index (χ3v) is 6.57. The van der Waals surface area contributed by atoms with Gasteiger partial charge >= 0.3 is 6.18 Å². The van der Waals surface area contributed by atoms with E-state index < -0.39 is 17.4 Å². The maximum atomic E-state index is 13.0. The Kier molecular flexibility index (Phi) is 6.10. The van der Waals surface area contributed by atoms with Gasteiger partial charge in [-0.25, -0.2) is 15.0 Å². The number of aromatic nitrogens is 4. The number of likely N-dealkylation sites (N-methyl/N-ethyl adjacent to an activating group) is 1. The van der Waals surface area contributed by atoms with E-state index in [0.29, 0.717) is 37.0 Å². The number of ether oxygens (including phenoxy) is 1. The molecule has 1 amide bonds. The van der Waals surface area contributed by atoms with Crippen molar-refractivity contribution in [2.45, 2.75) is 38.0 Å². The molecule has 2 aliphatic heterocycles. The molecule has 0 aliphatic carbocycles. The molecule has 0 radical (unpaired) electrons. The zero-order chi connectivity index (χ0) is 26.4. The van der Waals surface area contributed by atoms with Crippen molar-refractivity contribution in [2.24, 2.45) is 0 Å². The van der Waals surface area contributed by atoms with Gasteiger partial charge in [0, 0.05) is 32.4 Å². The van der Waals surface area contributed by atoms with Crippen LogP contribution in [0.15, 0.2) is 36.7 Å². The van der Waals surface area contributed by atoms with E-state index >= 15 is 0 Å². The Balaban J connectivity index is 1.29. The van der Waals surface area contributed by atoms with Gasteiger partial charge in [-0.1, -0.05) is 6.07 Å². The fraction of sp³-hybridized carbons (Fsp3) is 0.375. The Morgan fingerprint density at radius 2 is 1.97 bits per heavy atom. The molecule has 3 aromatic heterocycles. The largest absolute Gasteiger partial charge is 0.437 e. The van der Waals surface area contributed by atoms with Crippen molar-refractivity contribution in [3.63, 3.8) is 0 Å². The van der Waals surface area contributed by atoms with Gasteiger partial charge in [-0.15, -0.1) is 0 Å². The Morgan fingerprint density at radius 3 is 2.62 bits per heavy atom. The van der Waals surface area contributed by atoms with E-state index in [2.05, 4.69) is 25.3 Å². The lowest BCUT2D eigenvalue weighted by Gasteiger charge is -2.47. The average Bonchev–Trinajstić information content (AvgIpc) is 2.89. The summed E-state index contributed by atoms with van der Waals surface area (Å²) in [5.74, 6) is 1.13. The van der Waals surface area contributed by atoms with Crippen molar-refractivity contribution < 1.29 is 27.8 Å². The fourth-order valence-corrected chi connectivity index (χ4v) is 4.30. The number of alkyl halides is 3. The fourth-order valence-electron chi connectivity index (χ4n) is 4.30. The standard InChI is InChI=1S/C24H24F3N7O3/c1-23(13-35)21(36)34-9-3-4-16-19(34)20(33(23)2)32-22(31-16)30-11-14-5-8-18(29-10-14)37-15-6-7-17(28-12-15)24(25,26)27/h5-8,10,12,35H,3-4,9,11,13H2,1-2H3,(H,30,31,32)/t23-/m0/s1. The second-order valence-corrected chi connectivity index (χ2v) is 9.05. The summed E-state index contributed by atoms with van der Waals surface area (Å²) in [5.41, 5.74) is 0.134. The van der Waals surface area contributed by atoms with E-state index in [1.807, 2.05) is 0 Å². The molecule has 0 fully saturated rings. The first-order valence-electron chi connectivity index (χ1n) is 11.6. The summed E-state index contributed by atoms with van der Waals surface area (Å²) < 4.78 is 43.5. The van der Waals surface area contributed by atoms with Gasteiger partial charge in [0.1, 0.15) is 22.7 Å². The predicted molar refractivity (Wildman–Crippen MR) is 127 cm³/mol. The number of pyridine rings is 2. The van der Waals surface area contributed by atoms with Gasteiger partial charge in [-0.05, 0) is 37.5 Å². The summed E-state index contributed by atoms with van der Waals surface area (Å²) in [5, 5.41) is 13.2. The molecule has 5 rings (SSSR count). The maximum absolute atomic E-state index is 13.0. The van der Waals surface area contributed by atoms with Crippen LogP contribution in [-0.2, 0) is 23.9 Å².